The van der Waals surface area contributed by atoms with Crippen LogP contribution in [-0.2, 0) is 23.6 Å². The average Bonchev–Trinajstić information content (AvgIpc) is 2.83. The maximum absolute atomic E-state index is 12.1. The summed E-state index contributed by atoms with van der Waals surface area (Å²) in [6.07, 6.45) is 2.96. The van der Waals surface area contributed by atoms with Crippen molar-refractivity contribution >= 4 is 15.8 Å². The second-order valence-corrected chi connectivity index (χ2v) is 5.95. The van der Waals surface area contributed by atoms with E-state index in [0.29, 0.717) is 5.82 Å². The van der Waals surface area contributed by atoms with Crippen molar-refractivity contribution in [2.45, 2.75) is 18.4 Å². The van der Waals surface area contributed by atoms with Crippen LogP contribution in [-0.4, -0.2) is 29.7 Å². The molecule has 8 heteroatoms. The van der Waals surface area contributed by atoms with Crippen LogP contribution in [0.1, 0.15) is 12.6 Å². The molecule has 0 aliphatic carbocycles. The van der Waals surface area contributed by atoms with Crippen LogP contribution in [0.2, 0.25) is 0 Å². The van der Waals surface area contributed by atoms with Crippen LogP contribution in [0.5, 0.6) is 0 Å². The summed E-state index contributed by atoms with van der Waals surface area (Å²) in [4.78, 5) is 4.19. The predicted molar refractivity (Wildman–Crippen MR) is 75.6 cm³/mol. The standard InChI is InChI=1S/C12H17N5O2S/c1-3-13-12-5-4-11(9-14-12)20(18,19)16-8-10-6-7-15-17(10)2/h4-7,9,16H,3,8H2,1-2H3,(H,13,14). The number of sulfonamides is 1. The second kappa shape index (κ2) is 6.02. The smallest absolute Gasteiger partial charge is 0.242 e. The largest absolute Gasteiger partial charge is 0.370 e. The Balaban J connectivity index is 2.08. The lowest BCUT2D eigenvalue weighted by Crippen LogP contribution is -2.24. The van der Waals surface area contributed by atoms with Gasteiger partial charge in [-0.1, -0.05) is 0 Å². The minimum absolute atomic E-state index is 0.140. The Labute approximate surface area is 118 Å². The summed E-state index contributed by atoms with van der Waals surface area (Å²) in [7, 11) is -1.81. The van der Waals surface area contributed by atoms with E-state index in [9.17, 15) is 8.42 Å². The lowest BCUT2D eigenvalue weighted by atomic mass is 10.4. The van der Waals surface area contributed by atoms with E-state index in [4.69, 9.17) is 0 Å². The number of hydrogen-bond acceptors (Lipinski definition) is 5. The highest BCUT2D eigenvalue weighted by molar-refractivity contribution is 7.89. The van der Waals surface area contributed by atoms with E-state index in [1.54, 1.807) is 30.1 Å². The summed E-state index contributed by atoms with van der Waals surface area (Å²) in [5.41, 5.74) is 0.783. The molecule has 0 atom stereocenters. The van der Waals surface area contributed by atoms with Gasteiger partial charge < -0.3 is 5.32 Å². The van der Waals surface area contributed by atoms with Gasteiger partial charge >= 0.3 is 0 Å². The minimum atomic E-state index is -3.57. The highest BCUT2D eigenvalue weighted by Crippen LogP contribution is 2.11. The molecule has 2 heterocycles. The van der Waals surface area contributed by atoms with Gasteiger partial charge in [0.05, 0.1) is 12.2 Å². The van der Waals surface area contributed by atoms with E-state index in [1.165, 1.54) is 12.3 Å². The van der Waals surface area contributed by atoms with Crippen molar-refractivity contribution in [3.05, 3.63) is 36.3 Å². The highest BCUT2D eigenvalue weighted by Gasteiger charge is 2.14. The summed E-state index contributed by atoms with van der Waals surface area (Å²) in [6.45, 7) is 2.87. The van der Waals surface area contributed by atoms with E-state index in [1.807, 2.05) is 6.92 Å². The monoisotopic (exact) mass is 295 g/mol. The normalized spacial score (nSPS) is 11.5. The first kappa shape index (κ1) is 14.5. The molecule has 0 bridgehead atoms. The Bertz CT molecular complexity index is 663. The molecule has 0 fully saturated rings. The predicted octanol–water partition coefficient (Wildman–Crippen LogP) is 0.725. The van der Waals surface area contributed by atoms with Crippen LogP contribution < -0.4 is 10.0 Å². The van der Waals surface area contributed by atoms with Crippen LogP contribution in [0.3, 0.4) is 0 Å². The number of nitrogens with one attached hydrogen (secondary N) is 2. The Hall–Kier alpha value is -1.93. The van der Waals surface area contributed by atoms with Crippen molar-refractivity contribution in [1.82, 2.24) is 19.5 Å². The molecule has 0 amide bonds. The number of hydrogen-bond donors (Lipinski definition) is 2. The Morgan fingerprint density at radius 1 is 1.30 bits per heavy atom. The first-order chi connectivity index (χ1) is 9.53. The first-order valence-corrected chi connectivity index (χ1v) is 7.67. The molecule has 2 aromatic heterocycles. The molecule has 20 heavy (non-hydrogen) atoms. The van der Waals surface area contributed by atoms with Gasteiger partial charge in [-0.25, -0.2) is 18.1 Å². The van der Waals surface area contributed by atoms with Crippen molar-refractivity contribution in [2.75, 3.05) is 11.9 Å². The molecule has 2 rings (SSSR count). The molecule has 0 saturated heterocycles. The van der Waals surface area contributed by atoms with Gasteiger partial charge in [0, 0.05) is 26.0 Å². The lowest BCUT2D eigenvalue weighted by Gasteiger charge is -2.08. The van der Waals surface area contributed by atoms with Gasteiger partial charge in [0.15, 0.2) is 0 Å². The molecule has 7 nitrogen and oxygen atoms in total. The van der Waals surface area contributed by atoms with Gasteiger partial charge in [-0.15, -0.1) is 0 Å². The van der Waals surface area contributed by atoms with Crippen LogP contribution in [0, 0.1) is 0 Å². The zero-order valence-electron chi connectivity index (χ0n) is 11.4. The number of pyridine rings is 1. The van der Waals surface area contributed by atoms with Crippen molar-refractivity contribution < 1.29 is 8.42 Å². The van der Waals surface area contributed by atoms with E-state index in [2.05, 4.69) is 20.1 Å². The van der Waals surface area contributed by atoms with Gasteiger partial charge in [0.25, 0.3) is 0 Å². The van der Waals surface area contributed by atoms with Crippen molar-refractivity contribution in [1.29, 1.82) is 0 Å². The molecule has 0 saturated carbocycles. The highest BCUT2D eigenvalue weighted by atomic mass is 32.2. The lowest BCUT2D eigenvalue weighted by molar-refractivity contribution is 0.577. The zero-order valence-corrected chi connectivity index (χ0v) is 12.2. The van der Waals surface area contributed by atoms with Crippen molar-refractivity contribution in [3.8, 4) is 0 Å². The molecule has 2 aromatic rings. The molecule has 0 radical (unpaired) electrons. The SMILES string of the molecule is CCNc1ccc(S(=O)(=O)NCc2ccnn2C)cn1. The van der Waals surface area contributed by atoms with E-state index in [0.717, 1.165) is 12.2 Å². The molecule has 0 aliphatic heterocycles. The Morgan fingerprint density at radius 2 is 2.10 bits per heavy atom. The van der Waals surface area contributed by atoms with Gasteiger partial charge in [-0.2, -0.15) is 5.10 Å². The zero-order chi connectivity index (χ0) is 14.6. The van der Waals surface area contributed by atoms with Crippen LogP contribution in [0.25, 0.3) is 0 Å². The number of rotatable bonds is 6. The van der Waals surface area contributed by atoms with Gasteiger partial charge in [0.1, 0.15) is 10.7 Å². The van der Waals surface area contributed by atoms with Gasteiger partial charge in [-0.3, -0.25) is 4.68 Å². The van der Waals surface area contributed by atoms with Crippen LogP contribution >= 0.6 is 0 Å². The third-order valence-electron chi connectivity index (χ3n) is 2.77. The molecular formula is C12H17N5O2S. The molecule has 108 valence electrons. The maximum atomic E-state index is 12.1. The maximum Gasteiger partial charge on any atom is 0.242 e. The summed E-state index contributed by atoms with van der Waals surface area (Å²) < 4.78 is 28.4. The molecule has 0 aromatic carbocycles. The number of aryl methyl sites for hydroxylation is 1. The fourth-order valence-electron chi connectivity index (χ4n) is 1.65. The molecular weight excluding hydrogens is 278 g/mol. The Morgan fingerprint density at radius 3 is 2.65 bits per heavy atom. The van der Waals surface area contributed by atoms with E-state index >= 15 is 0 Å². The average molecular weight is 295 g/mol. The fourth-order valence-corrected chi connectivity index (χ4v) is 2.60. The number of aromatic nitrogens is 3. The van der Waals surface area contributed by atoms with Crippen molar-refractivity contribution in [3.63, 3.8) is 0 Å². The minimum Gasteiger partial charge on any atom is -0.370 e. The first-order valence-electron chi connectivity index (χ1n) is 6.19. The number of anilines is 1. The summed E-state index contributed by atoms with van der Waals surface area (Å²) in [5, 5.41) is 6.99. The van der Waals surface area contributed by atoms with Gasteiger partial charge in [0.2, 0.25) is 10.0 Å². The third kappa shape index (κ3) is 3.34. The Kier molecular flexibility index (Phi) is 4.35. The van der Waals surface area contributed by atoms with Crippen LogP contribution in [0.4, 0.5) is 5.82 Å². The summed E-state index contributed by atoms with van der Waals surface area (Å²) in [6, 6.07) is 4.92. The molecule has 0 unspecified atom stereocenters. The summed E-state index contributed by atoms with van der Waals surface area (Å²) in [5.74, 6) is 0.651. The van der Waals surface area contributed by atoms with Crippen LogP contribution in [0.15, 0.2) is 35.5 Å². The van der Waals surface area contributed by atoms with Gasteiger partial charge in [-0.05, 0) is 25.1 Å². The van der Waals surface area contributed by atoms with Crippen molar-refractivity contribution in [2.24, 2.45) is 7.05 Å². The van der Waals surface area contributed by atoms with E-state index < -0.39 is 10.0 Å². The number of nitrogens with zero attached hydrogens (tertiary/aromatic N) is 3. The molecule has 2 N–H and O–H groups in total. The third-order valence-corrected chi connectivity index (χ3v) is 4.16. The topological polar surface area (TPSA) is 88.9 Å². The second-order valence-electron chi connectivity index (χ2n) is 4.18. The fraction of sp³-hybridized carbons (Fsp3) is 0.333. The quantitative estimate of drug-likeness (QED) is 0.820. The molecule has 0 aliphatic rings. The van der Waals surface area contributed by atoms with E-state index in [-0.39, 0.29) is 11.4 Å². The summed E-state index contributed by atoms with van der Waals surface area (Å²) >= 11 is 0. The molecule has 0 spiro atoms.